The highest BCUT2D eigenvalue weighted by molar-refractivity contribution is 6.31. The first-order valence-electron chi connectivity index (χ1n) is 8.32. The van der Waals surface area contributed by atoms with E-state index >= 15 is 0 Å². The van der Waals surface area contributed by atoms with Gasteiger partial charge in [-0.2, -0.15) is 5.10 Å². The molecule has 0 spiro atoms. The number of aryl methyl sites for hydroxylation is 1. The molecule has 1 heterocycles. The Labute approximate surface area is 157 Å². The standard InChI is InChI=1S/C20H20ClN3O2/c1-14-12-17(8-9-18(14)21)26-15(2)20(25)22-19-10-11-24(23-19)13-16-6-4-3-5-7-16/h3-12,15H,13H2,1-2H3,(H,22,23,25). The smallest absolute Gasteiger partial charge is 0.266 e. The number of halogens is 1. The summed E-state index contributed by atoms with van der Waals surface area (Å²) in [6.45, 7) is 4.23. The lowest BCUT2D eigenvalue weighted by Crippen LogP contribution is -2.30. The summed E-state index contributed by atoms with van der Waals surface area (Å²) in [4.78, 5) is 12.3. The van der Waals surface area contributed by atoms with Gasteiger partial charge in [-0.25, -0.2) is 0 Å². The van der Waals surface area contributed by atoms with Crippen molar-refractivity contribution in [2.45, 2.75) is 26.5 Å². The van der Waals surface area contributed by atoms with Crippen LogP contribution in [0.15, 0.2) is 60.8 Å². The fourth-order valence-corrected chi connectivity index (χ4v) is 2.58. The molecule has 134 valence electrons. The number of anilines is 1. The van der Waals surface area contributed by atoms with Crippen LogP contribution in [0.25, 0.3) is 0 Å². The molecule has 0 saturated carbocycles. The molecule has 0 bridgehead atoms. The predicted octanol–water partition coefficient (Wildman–Crippen LogP) is 4.30. The van der Waals surface area contributed by atoms with E-state index in [0.717, 1.165) is 11.1 Å². The summed E-state index contributed by atoms with van der Waals surface area (Å²) in [6, 6.07) is 17.1. The Hall–Kier alpha value is -2.79. The van der Waals surface area contributed by atoms with Crippen LogP contribution < -0.4 is 10.1 Å². The van der Waals surface area contributed by atoms with Gasteiger partial charge in [0, 0.05) is 17.3 Å². The average molecular weight is 370 g/mol. The van der Waals surface area contributed by atoms with Crippen molar-refractivity contribution < 1.29 is 9.53 Å². The molecular weight excluding hydrogens is 350 g/mol. The fraction of sp³-hybridized carbons (Fsp3) is 0.200. The molecule has 0 fully saturated rings. The number of aromatic nitrogens is 2. The summed E-state index contributed by atoms with van der Waals surface area (Å²) in [7, 11) is 0. The van der Waals surface area contributed by atoms with Gasteiger partial charge in [0.1, 0.15) is 5.75 Å². The highest BCUT2D eigenvalue weighted by Crippen LogP contribution is 2.22. The van der Waals surface area contributed by atoms with E-state index in [4.69, 9.17) is 16.3 Å². The van der Waals surface area contributed by atoms with Crippen molar-refractivity contribution in [2.75, 3.05) is 5.32 Å². The van der Waals surface area contributed by atoms with Crippen molar-refractivity contribution in [3.8, 4) is 5.75 Å². The quantitative estimate of drug-likeness (QED) is 0.704. The van der Waals surface area contributed by atoms with Crippen LogP contribution >= 0.6 is 11.6 Å². The Morgan fingerprint density at radius 3 is 2.73 bits per heavy atom. The van der Waals surface area contributed by atoms with Crippen LogP contribution in [0.4, 0.5) is 5.82 Å². The second kappa shape index (κ2) is 8.06. The maximum absolute atomic E-state index is 12.3. The number of carbonyl (C=O) groups excluding carboxylic acids is 1. The van der Waals surface area contributed by atoms with Crippen molar-refractivity contribution in [3.63, 3.8) is 0 Å². The first kappa shape index (κ1) is 18.0. The maximum Gasteiger partial charge on any atom is 0.266 e. The van der Waals surface area contributed by atoms with E-state index in [1.54, 1.807) is 35.9 Å². The second-order valence-corrected chi connectivity index (χ2v) is 6.45. The van der Waals surface area contributed by atoms with E-state index in [2.05, 4.69) is 10.4 Å². The van der Waals surface area contributed by atoms with Gasteiger partial charge in [-0.05, 0) is 43.2 Å². The van der Waals surface area contributed by atoms with Crippen molar-refractivity contribution in [3.05, 3.63) is 76.9 Å². The molecule has 1 atom stereocenters. The summed E-state index contributed by atoms with van der Waals surface area (Å²) in [5.41, 5.74) is 2.04. The fourth-order valence-electron chi connectivity index (χ4n) is 2.46. The topological polar surface area (TPSA) is 56.1 Å². The Kier molecular flexibility index (Phi) is 5.58. The lowest BCUT2D eigenvalue weighted by atomic mass is 10.2. The van der Waals surface area contributed by atoms with Crippen molar-refractivity contribution in [1.29, 1.82) is 0 Å². The molecule has 0 aliphatic carbocycles. The zero-order chi connectivity index (χ0) is 18.5. The molecule has 1 aromatic heterocycles. The van der Waals surface area contributed by atoms with E-state index < -0.39 is 6.10 Å². The minimum absolute atomic E-state index is 0.262. The Bertz CT molecular complexity index is 893. The number of hydrogen-bond acceptors (Lipinski definition) is 3. The average Bonchev–Trinajstić information content (AvgIpc) is 3.06. The molecule has 2 aromatic carbocycles. The molecule has 0 radical (unpaired) electrons. The zero-order valence-corrected chi connectivity index (χ0v) is 15.4. The van der Waals surface area contributed by atoms with Crippen LogP contribution in [0.3, 0.4) is 0 Å². The maximum atomic E-state index is 12.3. The molecular formula is C20H20ClN3O2. The van der Waals surface area contributed by atoms with Crippen molar-refractivity contribution >= 4 is 23.3 Å². The van der Waals surface area contributed by atoms with Crippen LogP contribution in [0.1, 0.15) is 18.1 Å². The molecule has 0 aliphatic heterocycles. The number of benzene rings is 2. The van der Waals surface area contributed by atoms with Crippen LogP contribution in [-0.4, -0.2) is 21.8 Å². The van der Waals surface area contributed by atoms with Crippen LogP contribution in [0.2, 0.25) is 5.02 Å². The predicted molar refractivity (Wildman–Crippen MR) is 103 cm³/mol. The van der Waals surface area contributed by atoms with Gasteiger partial charge in [-0.15, -0.1) is 0 Å². The van der Waals surface area contributed by atoms with Gasteiger partial charge < -0.3 is 10.1 Å². The van der Waals surface area contributed by atoms with E-state index in [1.165, 1.54) is 0 Å². The van der Waals surface area contributed by atoms with Gasteiger partial charge in [0.15, 0.2) is 11.9 Å². The van der Waals surface area contributed by atoms with Crippen LogP contribution in [-0.2, 0) is 11.3 Å². The lowest BCUT2D eigenvalue weighted by molar-refractivity contribution is -0.122. The van der Waals surface area contributed by atoms with E-state index in [1.807, 2.05) is 43.5 Å². The second-order valence-electron chi connectivity index (χ2n) is 6.04. The number of rotatable bonds is 6. The summed E-state index contributed by atoms with van der Waals surface area (Å²) in [5, 5.41) is 7.81. The molecule has 0 saturated heterocycles. The number of nitrogens with one attached hydrogen (secondary N) is 1. The van der Waals surface area contributed by atoms with Gasteiger partial charge in [0.2, 0.25) is 0 Å². The van der Waals surface area contributed by atoms with Gasteiger partial charge in [0.25, 0.3) is 5.91 Å². The number of amides is 1. The highest BCUT2D eigenvalue weighted by Gasteiger charge is 2.16. The van der Waals surface area contributed by atoms with Gasteiger partial charge in [-0.3, -0.25) is 9.48 Å². The third-order valence-corrected chi connectivity index (χ3v) is 4.31. The molecule has 1 amide bonds. The number of ether oxygens (including phenoxy) is 1. The largest absolute Gasteiger partial charge is 0.481 e. The van der Waals surface area contributed by atoms with E-state index in [0.29, 0.717) is 23.1 Å². The third-order valence-electron chi connectivity index (χ3n) is 3.89. The molecule has 3 aromatic rings. The minimum Gasteiger partial charge on any atom is -0.481 e. The molecule has 0 aliphatic rings. The molecule has 6 heteroatoms. The summed E-state index contributed by atoms with van der Waals surface area (Å²) in [5.74, 6) is 0.834. The first-order valence-corrected chi connectivity index (χ1v) is 8.70. The Balaban J connectivity index is 1.58. The van der Waals surface area contributed by atoms with Crippen molar-refractivity contribution in [1.82, 2.24) is 9.78 Å². The number of nitrogens with zero attached hydrogens (tertiary/aromatic N) is 2. The Morgan fingerprint density at radius 2 is 2.00 bits per heavy atom. The third kappa shape index (κ3) is 4.64. The van der Waals surface area contributed by atoms with E-state index in [-0.39, 0.29) is 5.91 Å². The zero-order valence-electron chi connectivity index (χ0n) is 14.6. The van der Waals surface area contributed by atoms with Crippen LogP contribution in [0.5, 0.6) is 5.75 Å². The molecule has 5 nitrogen and oxygen atoms in total. The summed E-state index contributed by atoms with van der Waals surface area (Å²) >= 11 is 6.00. The van der Waals surface area contributed by atoms with Gasteiger partial charge >= 0.3 is 0 Å². The highest BCUT2D eigenvalue weighted by atomic mass is 35.5. The van der Waals surface area contributed by atoms with Gasteiger partial charge in [-0.1, -0.05) is 41.9 Å². The monoisotopic (exact) mass is 369 g/mol. The molecule has 1 N–H and O–H groups in total. The number of hydrogen-bond donors (Lipinski definition) is 1. The number of carbonyl (C=O) groups is 1. The molecule has 26 heavy (non-hydrogen) atoms. The van der Waals surface area contributed by atoms with Crippen LogP contribution in [0, 0.1) is 6.92 Å². The van der Waals surface area contributed by atoms with E-state index in [9.17, 15) is 4.79 Å². The normalized spacial score (nSPS) is 11.8. The molecule has 3 rings (SSSR count). The lowest BCUT2D eigenvalue weighted by Gasteiger charge is -2.14. The van der Waals surface area contributed by atoms with Crippen molar-refractivity contribution in [2.24, 2.45) is 0 Å². The first-order chi connectivity index (χ1) is 12.5. The SMILES string of the molecule is Cc1cc(OC(C)C(=O)Nc2ccn(Cc3ccccc3)n2)ccc1Cl. The molecule has 1 unspecified atom stereocenters. The summed E-state index contributed by atoms with van der Waals surface area (Å²) in [6.07, 6.45) is 1.17. The summed E-state index contributed by atoms with van der Waals surface area (Å²) < 4.78 is 7.46. The Morgan fingerprint density at radius 1 is 1.23 bits per heavy atom. The minimum atomic E-state index is -0.658. The van der Waals surface area contributed by atoms with Gasteiger partial charge in [0.05, 0.1) is 6.54 Å².